The van der Waals surface area contributed by atoms with Gasteiger partial charge in [0, 0.05) is 31.7 Å². The minimum absolute atomic E-state index is 0.0721. The van der Waals surface area contributed by atoms with Crippen molar-refractivity contribution in [2.24, 2.45) is 0 Å². The van der Waals surface area contributed by atoms with Crippen LogP contribution in [0, 0.1) is 6.92 Å². The summed E-state index contributed by atoms with van der Waals surface area (Å²) in [5, 5.41) is 0. The van der Waals surface area contributed by atoms with Gasteiger partial charge in [0.2, 0.25) is 10.0 Å². The van der Waals surface area contributed by atoms with Crippen LogP contribution in [0.5, 0.6) is 0 Å². The van der Waals surface area contributed by atoms with Gasteiger partial charge in [0.1, 0.15) is 6.54 Å². The molecule has 1 heterocycles. The van der Waals surface area contributed by atoms with Gasteiger partial charge in [-0.25, -0.2) is 8.42 Å². The Labute approximate surface area is 167 Å². The summed E-state index contributed by atoms with van der Waals surface area (Å²) in [5.41, 5.74) is 2.47. The molecule has 0 aliphatic carbocycles. The lowest BCUT2D eigenvalue weighted by Gasteiger charge is -2.34. The van der Waals surface area contributed by atoms with E-state index in [0.717, 1.165) is 11.4 Å². The number of amides is 1. The number of likely N-dealkylation sites (N-methyl/N-ethyl adjacent to an activating group) is 1. The number of rotatable bonds is 6. The molecule has 1 atom stereocenters. The van der Waals surface area contributed by atoms with E-state index in [1.54, 1.807) is 35.2 Å². The van der Waals surface area contributed by atoms with Crippen LogP contribution < -0.4 is 4.90 Å². The fraction of sp³-hybridized carbons (Fsp3) is 0.381. The number of nitrogens with zero attached hydrogens (tertiary/aromatic N) is 2. The van der Waals surface area contributed by atoms with Crippen molar-refractivity contribution in [3.05, 3.63) is 65.7 Å². The number of nitrogens with one attached hydrogen (secondary N) is 1. The first-order chi connectivity index (χ1) is 13.4. The Morgan fingerprint density at radius 3 is 2.21 bits per heavy atom. The molecule has 1 amide bonds. The smallest absolute Gasteiger partial charge is 0.277 e. The lowest BCUT2D eigenvalue weighted by atomic mass is 10.1. The number of quaternary nitrogens is 1. The van der Waals surface area contributed by atoms with Crippen molar-refractivity contribution in [1.82, 2.24) is 9.21 Å². The molecule has 6 nitrogen and oxygen atoms in total. The molecule has 2 aromatic rings. The van der Waals surface area contributed by atoms with Gasteiger partial charge < -0.3 is 9.80 Å². The lowest BCUT2D eigenvalue weighted by molar-refractivity contribution is -0.885. The summed E-state index contributed by atoms with van der Waals surface area (Å²) in [6.07, 6.45) is 0. The molecule has 0 bridgehead atoms. The Bertz CT molecular complexity index is 908. The molecule has 1 N–H and O–H groups in total. The molecule has 0 radical (unpaired) electrons. The second kappa shape index (κ2) is 8.86. The maximum absolute atomic E-state index is 12.7. The summed E-state index contributed by atoms with van der Waals surface area (Å²) >= 11 is 0. The van der Waals surface area contributed by atoms with E-state index >= 15 is 0 Å². The number of piperazine rings is 1. The van der Waals surface area contributed by atoms with E-state index < -0.39 is 10.0 Å². The molecule has 0 spiro atoms. The van der Waals surface area contributed by atoms with Crippen LogP contribution >= 0.6 is 0 Å². The molecule has 1 saturated heterocycles. The summed E-state index contributed by atoms with van der Waals surface area (Å²) in [6, 6.07) is 16.7. The average Bonchev–Trinajstić information content (AvgIpc) is 2.70. The molecule has 1 fully saturated rings. The fourth-order valence-electron chi connectivity index (χ4n) is 3.49. The third-order valence-corrected chi connectivity index (χ3v) is 7.09. The normalized spacial score (nSPS) is 16.7. The van der Waals surface area contributed by atoms with Gasteiger partial charge in [-0.3, -0.25) is 4.79 Å². The Morgan fingerprint density at radius 1 is 0.964 bits per heavy atom. The molecule has 1 unspecified atom stereocenters. The van der Waals surface area contributed by atoms with Crippen molar-refractivity contribution < 1.29 is 18.1 Å². The number of benzene rings is 2. The first-order valence-corrected chi connectivity index (χ1v) is 11.0. The second-order valence-electron chi connectivity index (χ2n) is 7.34. The number of sulfonamides is 1. The van der Waals surface area contributed by atoms with Crippen LogP contribution in [0.1, 0.15) is 11.1 Å². The van der Waals surface area contributed by atoms with Crippen molar-refractivity contribution in [2.75, 3.05) is 39.8 Å². The Balaban J connectivity index is 1.53. The SMILES string of the molecule is Cc1ccccc1C[NH+](C)CC(=O)N1CCN(S(=O)(=O)c2ccccc2)CC1. The highest BCUT2D eigenvalue weighted by Crippen LogP contribution is 2.17. The maximum Gasteiger partial charge on any atom is 0.277 e. The quantitative estimate of drug-likeness (QED) is 0.767. The zero-order chi connectivity index (χ0) is 20.1. The molecule has 28 heavy (non-hydrogen) atoms. The molecule has 3 rings (SSSR count). The van der Waals surface area contributed by atoms with Crippen LogP contribution in [-0.4, -0.2) is 63.3 Å². The average molecular weight is 403 g/mol. The van der Waals surface area contributed by atoms with E-state index in [9.17, 15) is 13.2 Å². The first kappa shape index (κ1) is 20.5. The van der Waals surface area contributed by atoms with Gasteiger partial charge in [-0.05, 0) is 24.6 Å². The van der Waals surface area contributed by atoms with Gasteiger partial charge in [0.25, 0.3) is 5.91 Å². The van der Waals surface area contributed by atoms with Gasteiger partial charge in [-0.1, -0.05) is 42.5 Å². The van der Waals surface area contributed by atoms with Crippen molar-refractivity contribution in [3.63, 3.8) is 0 Å². The molecule has 0 saturated carbocycles. The van der Waals surface area contributed by atoms with Crippen LogP contribution in [0.15, 0.2) is 59.5 Å². The van der Waals surface area contributed by atoms with E-state index in [2.05, 4.69) is 19.1 Å². The molecule has 7 heteroatoms. The van der Waals surface area contributed by atoms with Gasteiger partial charge >= 0.3 is 0 Å². The highest BCUT2D eigenvalue weighted by atomic mass is 32.2. The predicted octanol–water partition coefficient (Wildman–Crippen LogP) is 0.543. The topological polar surface area (TPSA) is 62.1 Å². The Morgan fingerprint density at radius 2 is 1.57 bits per heavy atom. The first-order valence-electron chi connectivity index (χ1n) is 9.56. The van der Waals surface area contributed by atoms with Crippen LogP contribution in [0.2, 0.25) is 0 Å². The van der Waals surface area contributed by atoms with Gasteiger partial charge in [0.15, 0.2) is 6.54 Å². The van der Waals surface area contributed by atoms with Crippen molar-refractivity contribution >= 4 is 15.9 Å². The number of hydrogen-bond donors (Lipinski definition) is 1. The molecule has 150 valence electrons. The zero-order valence-corrected chi connectivity index (χ0v) is 17.3. The van der Waals surface area contributed by atoms with E-state index in [-0.39, 0.29) is 5.91 Å². The Hall–Kier alpha value is -2.22. The van der Waals surface area contributed by atoms with Crippen molar-refractivity contribution in [2.45, 2.75) is 18.4 Å². The number of aryl methyl sites for hydroxylation is 1. The van der Waals surface area contributed by atoms with Crippen LogP contribution in [0.25, 0.3) is 0 Å². The molecule has 2 aromatic carbocycles. The number of carbonyl (C=O) groups is 1. The summed E-state index contributed by atoms with van der Waals surface area (Å²) in [6.45, 7) is 4.81. The lowest BCUT2D eigenvalue weighted by Crippen LogP contribution is -3.09. The van der Waals surface area contributed by atoms with E-state index in [1.165, 1.54) is 15.4 Å². The minimum Gasteiger partial charge on any atom is -0.335 e. The minimum atomic E-state index is -3.49. The predicted molar refractivity (Wildman–Crippen MR) is 108 cm³/mol. The maximum atomic E-state index is 12.7. The van der Waals surface area contributed by atoms with E-state index in [0.29, 0.717) is 37.6 Å². The zero-order valence-electron chi connectivity index (χ0n) is 16.5. The number of carbonyl (C=O) groups excluding carboxylic acids is 1. The van der Waals surface area contributed by atoms with E-state index in [1.807, 2.05) is 19.2 Å². The van der Waals surface area contributed by atoms with Gasteiger partial charge in [0.05, 0.1) is 11.9 Å². The monoisotopic (exact) mass is 402 g/mol. The standard InChI is InChI=1S/C21H27N3O3S/c1-18-8-6-7-9-19(18)16-22(2)17-21(25)23-12-14-24(15-13-23)28(26,27)20-10-4-3-5-11-20/h3-11H,12-17H2,1-2H3/p+1. The molecular formula is C21H28N3O3S+. The highest BCUT2D eigenvalue weighted by molar-refractivity contribution is 7.89. The fourth-order valence-corrected chi connectivity index (χ4v) is 4.93. The second-order valence-corrected chi connectivity index (χ2v) is 9.27. The van der Waals surface area contributed by atoms with E-state index in [4.69, 9.17) is 0 Å². The third kappa shape index (κ3) is 4.79. The Kier molecular flexibility index (Phi) is 6.49. The van der Waals surface area contributed by atoms with Crippen molar-refractivity contribution in [1.29, 1.82) is 0 Å². The summed E-state index contributed by atoms with van der Waals surface area (Å²) < 4.78 is 26.9. The van der Waals surface area contributed by atoms with Gasteiger partial charge in [-0.2, -0.15) is 4.31 Å². The summed E-state index contributed by atoms with van der Waals surface area (Å²) in [4.78, 5) is 15.8. The molecule has 1 aliphatic rings. The largest absolute Gasteiger partial charge is 0.335 e. The summed E-state index contributed by atoms with van der Waals surface area (Å²) in [5.74, 6) is 0.0721. The molecule has 0 aromatic heterocycles. The molecule has 1 aliphatic heterocycles. The third-order valence-electron chi connectivity index (χ3n) is 5.18. The van der Waals surface area contributed by atoms with Crippen LogP contribution in [-0.2, 0) is 21.4 Å². The molecular weight excluding hydrogens is 374 g/mol. The number of hydrogen-bond acceptors (Lipinski definition) is 3. The van der Waals surface area contributed by atoms with Crippen LogP contribution in [0.3, 0.4) is 0 Å². The summed E-state index contributed by atoms with van der Waals surface area (Å²) in [7, 11) is -1.48. The van der Waals surface area contributed by atoms with Gasteiger partial charge in [-0.15, -0.1) is 0 Å². The van der Waals surface area contributed by atoms with Crippen LogP contribution in [0.4, 0.5) is 0 Å². The van der Waals surface area contributed by atoms with Crippen molar-refractivity contribution in [3.8, 4) is 0 Å². The highest BCUT2D eigenvalue weighted by Gasteiger charge is 2.30.